The minimum Gasteiger partial charge on any atom is -0.540 e. The molecule has 2 rings (SSSR count). The summed E-state index contributed by atoms with van der Waals surface area (Å²) in [7, 11) is -1.82. The van der Waals surface area contributed by atoms with Crippen molar-refractivity contribution in [2.24, 2.45) is 0 Å². The van der Waals surface area contributed by atoms with E-state index in [1.165, 1.54) is 5.56 Å². The zero-order valence-corrected chi connectivity index (χ0v) is 11.9. The fourth-order valence-electron chi connectivity index (χ4n) is 1.74. The fraction of sp³-hybridized carbons (Fsp3) is 0.125. The van der Waals surface area contributed by atoms with Crippen LogP contribution in [0.15, 0.2) is 66.9 Å². The van der Waals surface area contributed by atoms with Crippen molar-refractivity contribution in [3.05, 3.63) is 66.9 Å². The molecule has 0 fully saturated rings. The predicted molar refractivity (Wildman–Crippen MR) is 80.2 cm³/mol. The Balaban J connectivity index is 2.41. The Labute approximate surface area is 110 Å². The minimum absolute atomic E-state index is 0.945. The molecule has 0 amide bonds. The number of rotatable bonds is 4. The van der Waals surface area contributed by atoms with Crippen molar-refractivity contribution in [1.82, 2.24) is 0 Å². The van der Waals surface area contributed by atoms with Gasteiger partial charge >= 0.3 is 0 Å². The maximum Gasteiger partial charge on any atom is 0.269 e. The first-order valence-corrected chi connectivity index (χ1v) is 9.08. The summed E-state index contributed by atoms with van der Waals surface area (Å²) in [5.74, 6) is 0.945. The van der Waals surface area contributed by atoms with Gasteiger partial charge in [0, 0.05) is 5.56 Å². The van der Waals surface area contributed by atoms with Crippen LogP contribution < -0.4 is 4.43 Å². The van der Waals surface area contributed by atoms with Crippen molar-refractivity contribution in [3.63, 3.8) is 0 Å². The monoisotopic (exact) mass is 254 g/mol. The van der Waals surface area contributed by atoms with Crippen LogP contribution in [-0.2, 0) is 0 Å². The summed E-state index contributed by atoms with van der Waals surface area (Å²) in [6, 6.07) is 18.5. The molecule has 0 atom stereocenters. The van der Waals surface area contributed by atoms with E-state index >= 15 is 0 Å². The standard InChI is InChI=1S/C16H18OSi/c1-4-18(2,3)17-16-13-9-8-12-15(16)14-10-6-5-7-11-14/h4-13H,1H2,2-3H3. The van der Waals surface area contributed by atoms with Gasteiger partial charge in [-0.3, -0.25) is 0 Å². The minimum atomic E-state index is -1.82. The van der Waals surface area contributed by atoms with E-state index in [1.54, 1.807) is 0 Å². The zero-order valence-electron chi connectivity index (χ0n) is 10.9. The average molecular weight is 254 g/mol. The van der Waals surface area contributed by atoms with Crippen LogP contribution in [0.2, 0.25) is 13.1 Å². The van der Waals surface area contributed by atoms with Gasteiger partial charge in [-0.1, -0.05) is 54.2 Å². The second-order valence-corrected chi connectivity index (χ2v) is 8.59. The van der Waals surface area contributed by atoms with Crippen molar-refractivity contribution < 1.29 is 4.43 Å². The fourth-order valence-corrected chi connectivity index (χ4v) is 2.57. The van der Waals surface area contributed by atoms with E-state index in [9.17, 15) is 0 Å². The molecule has 1 nitrogen and oxygen atoms in total. The van der Waals surface area contributed by atoms with E-state index in [0.717, 1.165) is 11.3 Å². The first-order valence-electron chi connectivity index (χ1n) is 6.09. The van der Waals surface area contributed by atoms with E-state index in [4.69, 9.17) is 4.43 Å². The highest BCUT2D eigenvalue weighted by Crippen LogP contribution is 2.31. The Morgan fingerprint density at radius 1 is 0.944 bits per heavy atom. The van der Waals surface area contributed by atoms with E-state index in [-0.39, 0.29) is 0 Å². The largest absolute Gasteiger partial charge is 0.540 e. The van der Waals surface area contributed by atoms with Gasteiger partial charge < -0.3 is 4.43 Å². The molecular weight excluding hydrogens is 236 g/mol. The van der Waals surface area contributed by atoms with Crippen LogP contribution in [0.4, 0.5) is 0 Å². The van der Waals surface area contributed by atoms with Gasteiger partial charge in [-0.2, -0.15) is 0 Å². The number of benzene rings is 2. The number of hydrogen-bond acceptors (Lipinski definition) is 1. The van der Waals surface area contributed by atoms with Crippen LogP contribution in [0.25, 0.3) is 11.1 Å². The SMILES string of the molecule is C=C[Si](C)(C)Oc1ccccc1-c1ccccc1. The van der Waals surface area contributed by atoms with E-state index in [2.05, 4.69) is 37.9 Å². The molecule has 2 aromatic rings. The molecular formula is C16H18OSi. The van der Waals surface area contributed by atoms with Crippen LogP contribution in [0.3, 0.4) is 0 Å². The molecule has 2 aromatic carbocycles. The molecule has 0 bridgehead atoms. The summed E-state index contributed by atoms with van der Waals surface area (Å²) in [6.07, 6.45) is 0. The van der Waals surface area contributed by atoms with Crippen molar-refractivity contribution in [3.8, 4) is 16.9 Å². The smallest absolute Gasteiger partial charge is 0.269 e. The first-order chi connectivity index (χ1) is 8.62. The quantitative estimate of drug-likeness (QED) is 0.721. The van der Waals surface area contributed by atoms with Gasteiger partial charge in [0.2, 0.25) is 0 Å². The number of hydrogen-bond donors (Lipinski definition) is 0. The van der Waals surface area contributed by atoms with Crippen molar-refractivity contribution in [2.75, 3.05) is 0 Å². The molecule has 18 heavy (non-hydrogen) atoms. The van der Waals surface area contributed by atoms with Crippen LogP contribution in [0.1, 0.15) is 0 Å². The average Bonchev–Trinajstić information content (AvgIpc) is 2.40. The van der Waals surface area contributed by atoms with Crippen LogP contribution in [-0.4, -0.2) is 8.32 Å². The third-order valence-electron chi connectivity index (χ3n) is 2.84. The Kier molecular flexibility index (Phi) is 3.68. The summed E-state index contributed by atoms with van der Waals surface area (Å²) in [5.41, 5.74) is 4.27. The summed E-state index contributed by atoms with van der Waals surface area (Å²) >= 11 is 0. The maximum atomic E-state index is 6.16. The van der Waals surface area contributed by atoms with Crippen LogP contribution in [0.5, 0.6) is 5.75 Å². The molecule has 2 heteroatoms. The molecule has 0 heterocycles. The molecule has 0 aliphatic heterocycles. The summed E-state index contributed by atoms with van der Waals surface area (Å²) < 4.78 is 6.16. The molecule has 0 saturated heterocycles. The van der Waals surface area contributed by atoms with E-state index in [1.807, 2.05) is 42.1 Å². The maximum absolute atomic E-state index is 6.16. The molecule has 0 unspecified atom stereocenters. The van der Waals surface area contributed by atoms with Crippen molar-refractivity contribution >= 4 is 8.32 Å². The molecule has 0 spiro atoms. The topological polar surface area (TPSA) is 9.23 Å². The second-order valence-electron chi connectivity index (χ2n) is 4.77. The molecule has 0 aliphatic rings. The van der Waals surface area contributed by atoms with Gasteiger partial charge in [-0.05, 0) is 24.7 Å². The highest BCUT2D eigenvalue weighted by Gasteiger charge is 2.20. The number of para-hydroxylation sites is 1. The Hall–Kier alpha value is -1.80. The highest BCUT2D eigenvalue weighted by molar-refractivity contribution is 6.76. The lowest BCUT2D eigenvalue weighted by molar-refractivity contribution is 0.565. The van der Waals surface area contributed by atoms with E-state index in [0.29, 0.717) is 0 Å². The molecule has 0 radical (unpaired) electrons. The Morgan fingerprint density at radius 3 is 2.22 bits per heavy atom. The summed E-state index contributed by atoms with van der Waals surface area (Å²) in [5, 5.41) is 0. The van der Waals surface area contributed by atoms with Gasteiger partial charge in [0.1, 0.15) is 5.75 Å². The third kappa shape index (κ3) is 2.90. The lowest BCUT2D eigenvalue weighted by Gasteiger charge is -2.22. The Bertz CT molecular complexity index is 532. The zero-order chi connectivity index (χ0) is 13.0. The van der Waals surface area contributed by atoms with Gasteiger partial charge in [0.15, 0.2) is 0 Å². The predicted octanol–water partition coefficient (Wildman–Crippen LogP) is 4.66. The normalized spacial score (nSPS) is 11.0. The second kappa shape index (κ2) is 5.23. The van der Waals surface area contributed by atoms with Gasteiger partial charge in [-0.15, -0.1) is 6.58 Å². The van der Waals surface area contributed by atoms with Gasteiger partial charge in [-0.25, -0.2) is 0 Å². The molecule has 92 valence electrons. The molecule has 0 aromatic heterocycles. The van der Waals surface area contributed by atoms with Gasteiger partial charge in [0.05, 0.1) is 0 Å². The third-order valence-corrected chi connectivity index (χ3v) is 4.57. The molecule has 0 saturated carbocycles. The summed E-state index contributed by atoms with van der Waals surface area (Å²) in [6.45, 7) is 8.15. The Morgan fingerprint density at radius 2 is 1.56 bits per heavy atom. The van der Waals surface area contributed by atoms with Crippen molar-refractivity contribution in [2.45, 2.75) is 13.1 Å². The lowest BCUT2D eigenvalue weighted by Crippen LogP contribution is -2.31. The van der Waals surface area contributed by atoms with E-state index < -0.39 is 8.32 Å². The lowest BCUT2D eigenvalue weighted by atomic mass is 10.1. The van der Waals surface area contributed by atoms with Crippen LogP contribution >= 0.6 is 0 Å². The first kappa shape index (κ1) is 12.6. The van der Waals surface area contributed by atoms with Gasteiger partial charge in [0.25, 0.3) is 8.32 Å². The van der Waals surface area contributed by atoms with Crippen molar-refractivity contribution in [1.29, 1.82) is 0 Å². The van der Waals surface area contributed by atoms with Crippen LogP contribution in [0, 0.1) is 0 Å². The summed E-state index contributed by atoms with van der Waals surface area (Å²) in [4.78, 5) is 0. The highest BCUT2D eigenvalue weighted by atomic mass is 28.4. The molecule has 0 N–H and O–H groups in total. The molecule has 0 aliphatic carbocycles.